The second-order valence-corrected chi connectivity index (χ2v) is 4.50. The molecule has 2 unspecified atom stereocenters. The smallest absolute Gasteiger partial charge is 0.321 e. The second-order valence-electron chi connectivity index (χ2n) is 3.29. The van der Waals surface area contributed by atoms with Gasteiger partial charge in [0.1, 0.15) is 6.04 Å². The van der Waals surface area contributed by atoms with E-state index in [2.05, 4.69) is 18.7 Å². The standard InChI is InChI=1S/C9H17NO2S.C2H6/c1-3-5-10-7(9(11)12)6-13-8(10)4-2;1-2/h7-8H,3-6H2,1-2H3,(H,11,12);1-2H3. The summed E-state index contributed by atoms with van der Waals surface area (Å²) in [7, 11) is 0. The zero-order chi connectivity index (χ0) is 11.8. The fourth-order valence-corrected chi connectivity index (χ4v) is 3.14. The van der Waals surface area contributed by atoms with Crippen molar-refractivity contribution in [1.82, 2.24) is 4.90 Å². The maximum atomic E-state index is 10.9. The fraction of sp³-hybridized carbons (Fsp3) is 0.909. The normalized spacial score (nSPS) is 25.9. The van der Waals surface area contributed by atoms with Crippen molar-refractivity contribution in [2.24, 2.45) is 0 Å². The minimum Gasteiger partial charge on any atom is -0.480 e. The zero-order valence-corrected chi connectivity index (χ0v) is 11.0. The van der Waals surface area contributed by atoms with Crippen LogP contribution in [0.25, 0.3) is 0 Å². The van der Waals surface area contributed by atoms with E-state index >= 15 is 0 Å². The molecule has 0 bridgehead atoms. The van der Waals surface area contributed by atoms with Crippen LogP contribution >= 0.6 is 11.8 Å². The lowest BCUT2D eigenvalue weighted by Crippen LogP contribution is -2.41. The third-order valence-corrected chi connectivity index (χ3v) is 3.83. The largest absolute Gasteiger partial charge is 0.480 e. The monoisotopic (exact) mass is 233 g/mol. The SMILES string of the molecule is CC.CCCN1C(CC)SCC1C(=O)O. The predicted octanol–water partition coefficient (Wildman–Crippen LogP) is 2.66. The molecule has 0 aliphatic carbocycles. The lowest BCUT2D eigenvalue weighted by atomic mass is 10.2. The molecule has 0 amide bonds. The van der Waals surface area contributed by atoms with Gasteiger partial charge in [-0.25, -0.2) is 0 Å². The Labute approximate surface area is 97.2 Å². The van der Waals surface area contributed by atoms with E-state index in [4.69, 9.17) is 5.11 Å². The first-order chi connectivity index (χ1) is 7.20. The van der Waals surface area contributed by atoms with E-state index in [0.717, 1.165) is 25.1 Å². The summed E-state index contributed by atoms with van der Waals surface area (Å²) in [4.78, 5) is 13.0. The third kappa shape index (κ3) is 4.03. The van der Waals surface area contributed by atoms with Crippen molar-refractivity contribution in [1.29, 1.82) is 0 Å². The van der Waals surface area contributed by atoms with E-state index in [9.17, 15) is 4.79 Å². The maximum absolute atomic E-state index is 10.9. The highest BCUT2D eigenvalue weighted by atomic mass is 32.2. The molecule has 0 spiro atoms. The van der Waals surface area contributed by atoms with E-state index in [1.165, 1.54) is 0 Å². The molecule has 0 aromatic rings. The molecule has 0 radical (unpaired) electrons. The van der Waals surface area contributed by atoms with Gasteiger partial charge in [-0.3, -0.25) is 9.69 Å². The fourth-order valence-electron chi connectivity index (χ4n) is 1.72. The van der Waals surface area contributed by atoms with Crippen LogP contribution in [0.2, 0.25) is 0 Å². The van der Waals surface area contributed by atoms with Crippen LogP contribution in [0.4, 0.5) is 0 Å². The Balaban J connectivity index is 0.000000921. The summed E-state index contributed by atoms with van der Waals surface area (Å²) in [5, 5.41) is 9.39. The van der Waals surface area contributed by atoms with Gasteiger partial charge in [0.25, 0.3) is 0 Å². The number of hydrogen-bond acceptors (Lipinski definition) is 3. The van der Waals surface area contributed by atoms with Crippen LogP contribution in [0.5, 0.6) is 0 Å². The molecule has 1 aliphatic heterocycles. The Bertz CT molecular complexity index is 187. The number of aliphatic carboxylic acids is 1. The topological polar surface area (TPSA) is 40.5 Å². The average Bonchev–Trinajstić information content (AvgIpc) is 2.64. The van der Waals surface area contributed by atoms with Crippen molar-refractivity contribution in [2.45, 2.75) is 52.0 Å². The summed E-state index contributed by atoms with van der Waals surface area (Å²) >= 11 is 1.77. The Morgan fingerprint density at radius 3 is 2.47 bits per heavy atom. The maximum Gasteiger partial charge on any atom is 0.321 e. The minimum absolute atomic E-state index is 0.255. The van der Waals surface area contributed by atoms with Crippen LogP contribution in [0.1, 0.15) is 40.5 Å². The van der Waals surface area contributed by atoms with Crippen LogP contribution in [-0.4, -0.2) is 39.7 Å². The molecule has 4 heteroatoms. The molecular formula is C11H23NO2S. The first-order valence-corrected chi connectivity index (χ1v) is 6.85. The molecule has 1 aliphatic rings. The van der Waals surface area contributed by atoms with E-state index in [1.54, 1.807) is 11.8 Å². The van der Waals surface area contributed by atoms with Crippen molar-refractivity contribution >= 4 is 17.7 Å². The number of hydrogen-bond donors (Lipinski definition) is 1. The van der Waals surface area contributed by atoms with Crippen molar-refractivity contribution in [3.63, 3.8) is 0 Å². The number of carbonyl (C=O) groups is 1. The van der Waals surface area contributed by atoms with Gasteiger partial charge in [0.2, 0.25) is 0 Å². The highest BCUT2D eigenvalue weighted by molar-refractivity contribution is 8.00. The van der Waals surface area contributed by atoms with Gasteiger partial charge in [-0.2, -0.15) is 0 Å². The third-order valence-electron chi connectivity index (χ3n) is 2.33. The molecule has 15 heavy (non-hydrogen) atoms. The van der Waals surface area contributed by atoms with E-state index in [0.29, 0.717) is 5.37 Å². The lowest BCUT2D eigenvalue weighted by molar-refractivity contribution is -0.142. The highest BCUT2D eigenvalue weighted by Gasteiger charge is 2.36. The average molecular weight is 233 g/mol. The molecule has 1 N–H and O–H groups in total. The Hall–Kier alpha value is -0.220. The van der Waals surface area contributed by atoms with Gasteiger partial charge in [-0.05, 0) is 19.4 Å². The first kappa shape index (κ1) is 14.8. The number of rotatable bonds is 4. The summed E-state index contributed by atoms with van der Waals surface area (Å²) in [6.07, 6.45) is 2.06. The van der Waals surface area contributed by atoms with Gasteiger partial charge in [0.15, 0.2) is 0 Å². The lowest BCUT2D eigenvalue weighted by Gasteiger charge is -2.25. The quantitative estimate of drug-likeness (QED) is 0.810. The van der Waals surface area contributed by atoms with E-state index in [-0.39, 0.29) is 6.04 Å². The van der Waals surface area contributed by atoms with E-state index in [1.807, 2.05) is 13.8 Å². The molecule has 1 fully saturated rings. The zero-order valence-electron chi connectivity index (χ0n) is 10.2. The molecule has 90 valence electrons. The number of carboxylic acid groups (broad SMARTS) is 1. The minimum atomic E-state index is -0.670. The highest BCUT2D eigenvalue weighted by Crippen LogP contribution is 2.31. The summed E-state index contributed by atoms with van der Waals surface area (Å²) in [6, 6.07) is -0.255. The number of nitrogens with zero attached hydrogens (tertiary/aromatic N) is 1. The van der Waals surface area contributed by atoms with Crippen LogP contribution < -0.4 is 0 Å². The van der Waals surface area contributed by atoms with E-state index < -0.39 is 5.97 Å². The molecule has 1 heterocycles. The molecule has 1 saturated heterocycles. The summed E-state index contributed by atoms with van der Waals surface area (Å²) < 4.78 is 0. The van der Waals surface area contributed by atoms with Crippen LogP contribution in [0, 0.1) is 0 Å². The second kappa shape index (κ2) is 7.99. The Morgan fingerprint density at radius 1 is 1.47 bits per heavy atom. The molecule has 3 nitrogen and oxygen atoms in total. The van der Waals surface area contributed by atoms with Crippen molar-refractivity contribution in [3.8, 4) is 0 Å². The molecule has 2 atom stereocenters. The molecule has 1 rings (SSSR count). The summed E-state index contributed by atoms with van der Waals surface area (Å²) in [5.74, 6) is 0.0744. The molecule has 0 aromatic heterocycles. The van der Waals surface area contributed by atoms with Crippen LogP contribution in [0.3, 0.4) is 0 Å². The van der Waals surface area contributed by atoms with Gasteiger partial charge in [-0.15, -0.1) is 11.8 Å². The predicted molar refractivity (Wildman–Crippen MR) is 66.3 cm³/mol. The van der Waals surface area contributed by atoms with Gasteiger partial charge < -0.3 is 5.11 Å². The van der Waals surface area contributed by atoms with Gasteiger partial charge in [0.05, 0.1) is 5.37 Å². The van der Waals surface area contributed by atoms with Gasteiger partial charge in [0, 0.05) is 5.75 Å². The molecular weight excluding hydrogens is 210 g/mol. The summed E-state index contributed by atoms with van der Waals surface area (Å²) in [6.45, 7) is 9.11. The number of thioether (sulfide) groups is 1. The van der Waals surface area contributed by atoms with Crippen LogP contribution in [0.15, 0.2) is 0 Å². The first-order valence-electron chi connectivity index (χ1n) is 5.80. The Kier molecular flexibility index (Phi) is 7.88. The van der Waals surface area contributed by atoms with Crippen molar-refractivity contribution in [3.05, 3.63) is 0 Å². The number of carboxylic acids is 1. The summed E-state index contributed by atoms with van der Waals surface area (Å²) in [5.41, 5.74) is 0. The van der Waals surface area contributed by atoms with Crippen molar-refractivity contribution < 1.29 is 9.90 Å². The molecule has 0 saturated carbocycles. The van der Waals surface area contributed by atoms with Gasteiger partial charge >= 0.3 is 5.97 Å². The Morgan fingerprint density at radius 2 is 2.07 bits per heavy atom. The molecule has 0 aromatic carbocycles. The van der Waals surface area contributed by atoms with Crippen molar-refractivity contribution in [2.75, 3.05) is 12.3 Å². The van der Waals surface area contributed by atoms with Crippen LogP contribution in [-0.2, 0) is 4.79 Å². The van der Waals surface area contributed by atoms with Gasteiger partial charge in [-0.1, -0.05) is 27.7 Å².